The van der Waals surface area contributed by atoms with Crippen molar-refractivity contribution >= 4 is 5.82 Å². The average Bonchev–Trinajstić information content (AvgIpc) is 2.27. The first-order valence-electron chi connectivity index (χ1n) is 6.54. The highest BCUT2D eigenvalue weighted by atomic mass is 19.1. The zero-order chi connectivity index (χ0) is 13.3. The van der Waals surface area contributed by atoms with Gasteiger partial charge in [-0.1, -0.05) is 13.8 Å². The molecule has 3 nitrogen and oxygen atoms in total. The highest BCUT2D eigenvalue weighted by molar-refractivity contribution is 5.42. The quantitative estimate of drug-likeness (QED) is 0.809. The monoisotopic (exact) mass is 252 g/mol. The molecule has 1 saturated heterocycles. The summed E-state index contributed by atoms with van der Waals surface area (Å²) < 4.78 is 19.6. The van der Waals surface area contributed by atoms with Gasteiger partial charge in [-0.2, -0.15) is 0 Å². The van der Waals surface area contributed by atoms with Crippen LogP contribution in [0.15, 0.2) is 12.1 Å². The maximum atomic E-state index is 13.9. The Balaban J connectivity index is 2.28. The maximum Gasteiger partial charge on any atom is 0.165 e. The molecule has 1 aliphatic rings. The number of hydrogen-bond donors (Lipinski definition) is 0. The number of halogens is 1. The largest absolute Gasteiger partial charge is 0.372 e. The third kappa shape index (κ3) is 2.80. The SMILES string of the molecule is CC(C)c1ccc(F)c(N2C[C@@H](C)O[C@@H](C)C2)n1. The Labute approximate surface area is 108 Å². The van der Waals surface area contributed by atoms with Crippen LogP contribution < -0.4 is 4.90 Å². The molecule has 0 aromatic carbocycles. The van der Waals surface area contributed by atoms with Crippen molar-refractivity contribution in [3.05, 3.63) is 23.6 Å². The molecule has 0 aliphatic carbocycles. The minimum Gasteiger partial charge on any atom is -0.372 e. The molecular weight excluding hydrogens is 231 g/mol. The summed E-state index contributed by atoms with van der Waals surface area (Å²) in [6, 6.07) is 3.28. The predicted octanol–water partition coefficient (Wildman–Crippen LogP) is 2.96. The van der Waals surface area contributed by atoms with Crippen molar-refractivity contribution in [1.29, 1.82) is 0 Å². The lowest BCUT2D eigenvalue weighted by atomic mass is 10.1. The zero-order valence-electron chi connectivity index (χ0n) is 11.5. The number of rotatable bonds is 2. The highest BCUT2D eigenvalue weighted by Crippen LogP contribution is 2.24. The Kier molecular flexibility index (Phi) is 3.85. The topological polar surface area (TPSA) is 25.4 Å². The number of ether oxygens (including phenoxy) is 1. The van der Waals surface area contributed by atoms with Gasteiger partial charge in [0.1, 0.15) is 0 Å². The molecule has 0 saturated carbocycles. The van der Waals surface area contributed by atoms with Crippen LogP contribution in [-0.2, 0) is 4.74 Å². The summed E-state index contributed by atoms with van der Waals surface area (Å²) in [5.74, 6) is 0.518. The molecule has 4 heteroatoms. The van der Waals surface area contributed by atoms with E-state index in [1.54, 1.807) is 6.07 Å². The third-order valence-electron chi connectivity index (χ3n) is 3.16. The Morgan fingerprint density at radius 1 is 1.28 bits per heavy atom. The number of aromatic nitrogens is 1. The van der Waals surface area contributed by atoms with Gasteiger partial charge in [0.25, 0.3) is 0 Å². The van der Waals surface area contributed by atoms with Crippen molar-refractivity contribution in [2.24, 2.45) is 0 Å². The molecule has 100 valence electrons. The summed E-state index contributed by atoms with van der Waals surface area (Å²) in [7, 11) is 0. The van der Waals surface area contributed by atoms with Gasteiger partial charge in [0.05, 0.1) is 12.2 Å². The molecule has 1 fully saturated rings. The fourth-order valence-corrected chi connectivity index (χ4v) is 2.34. The van der Waals surface area contributed by atoms with Crippen molar-refractivity contribution in [3.8, 4) is 0 Å². The minimum atomic E-state index is -0.249. The molecule has 0 bridgehead atoms. The molecule has 0 N–H and O–H groups in total. The first-order valence-corrected chi connectivity index (χ1v) is 6.54. The van der Waals surface area contributed by atoms with Crippen LogP contribution in [0.25, 0.3) is 0 Å². The number of pyridine rings is 1. The number of nitrogens with zero attached hydrogens (tertiary/aromatic N) is 2. The smallest absolute Gasteiger partial charge is 0.165 e. The number of morpholine rings is 1. The lowest BCUT2D eigenvalue weighted by molar-refractivity contribution is -0.00566. The number of anilines is 1. The van der Waals surface area contributed by atoms with Crippen LogP contribution in [0, 0.1) is 5.82 Å². The molecule has 2 heterocycles. The van der Waals surface area contributed by atoms with Gasteiger partial charge in [0, 0.05) is 18.8 Å². The molecule has 1 aromatic heterocycles. The molecule has 0 amide bonds. The molecule has 18 heavy (non-hydrogen) atoms. The fraction of sp³-hybridized carbons (Fsp3) is 0.643. The van der Waals surface area contributed by atoms with Crippen LogP contribution in [0.2, 0.25) is 0 Å². The summed E-state index contributed by atoms with van der Waals surface area (Å²) in [4.78, 5) is 6.45. The van der Waals surface area contributed by atoms with E-state index in [1.807, 2.05) is 18.7 Å². The Bertz CT molecular complexity index is 412. The van der Waals surface area contributed by atoms with Crippen LogP contribution in [0.1, 0.15) is 39.3 Å². The molecule has 0 spiro atoms. The van der Waals surface area contributed by atoms with E-state index in [0.29, 0.717) is 24.8 Å². The van der Waals surface area contributed by atoms with Gasteiger partial charge in [-0.25, -0.2) is 9.37 Å². The third-order valence-corrected chi connectivity index (χ3v) is 3.16. The molecule has 1 aromatic rings. The molecule has 0 radical (unpaired) electrons. The molecule has 1 aliphatic heterocycles. The van der Waals surface area contributed by atoms with E-state index in [9.17, 15) is 4.39 Å². The van der Waals surface area contributed by atoms with E-state index in [-0.39, 0.29) is 18.0 Å². The minimum absolute atomic E-state index is 0.109. The zero-order valence-corrected chi connectivity index (χ0v) is 11.5. The predicted molar refractivity (Wildman–Crippen MR) is 70.5 cm³/mol. The Morgan fingerprint density at radius 2 is 1.89 bits per heavy atom. The Morgan fingerprint density at radius 3 is 2.44 bits per heavy atom. The molecule has 2 atom stereocenters. The van der Waals surface area contributed by atoms with Gasteiger partial charge in [0.15, 0.2) is 11.6 Å². The van der Waals surface area contributed by atoms with E-state index in [1.165, 1.54) is 6.07 Å². The standard InChI is InChI=1S/C14H21FN2O/c1-9(2)13-6-5-12(15)14(16-13)17-7-10(3)18-11(4)8-17/h5-6,9-11H,7-8H2,1-4H3/t10-,11+. The normalized spacial score (nSPS) is 24.7. The summed E-state index contributed by atoms with van der Waals surface area (Å²) in [5, 5.41) is 0. The highest BCUT2D eigenvalue weighted by Gasteiger charge is 2.25. The van der Waals surface area contributed by atoms with Crippen LogP contribution >= 0.6 is 0 Å². The maximum absolute atomic E-state index is 13.9. The summed E-state index contributed by atoms with van der Waals surface area (Å²) in [6.45, 7) is 9.52. The van der Waals surface area contributed by atoms with E-state index in [4.69, 9.17) is 4.74 Å². The fourth-order valence-electron chi connectivity index (χ4n) is 2.34. The van der Waals surface area contributed by atoms with Crippen molar-refractivity contribution in [2.75, 3.05) is 18.0 Å². The van der Waals surface area contributed by atoms with Gasteiger partial charge >= 0.3 is 0 Å². The van der Waals surface area contributed by atoms with Crippen molar-refractivity contribution in [3.63, 3.8) is 0 Å². The lowest BCUT2D eigenvalue weighted by Gasteiger charge is -2.36. The Hall–Kier alpha value is -1.16. The lowest BCUT2D eigenvalue weighted by Crippen LogP contribution is -2.46. The van der Waals surface area contributed by atoms with E-state index in [2.05, 4.69) is 18.8 Å². The second-order valence-corrected chi connectivity index (χ2v) is 5.36. The number of hydrogen-bond acceptors (Lipinski definition) is 3. The van der Waals surface area contributed by atoms with Gasteiger partial charge in [-0.15, -0.1) is 0 Å². The second kappa shape index (κ2) is 5.22. The molecule has 2 rings (SSSR count). The van der Waals surface area contributed by atoms with Crippen LogP contribution in [-0.4, -0.2) is 30.3 Å². The summed E-state index contributed by atoms with van der Waals surface area (Å²) in [6.07, 6.45) is 0.218. The van der Waals surface area contributed by atoms with E-state index >= 15 is 0 Å². The van der Waals surface area contributed by atoms with E-state index < -0.39 is 0 Å². The molecule has 0 unspecified atom stereocenters. The van der Waals surface area contributed by atoms with Crippen LogP contribution in [0.4, 0.5) is 10.2 Å². The molecular formula is C14H21FN2O. The first-order chi connectivity index (χ1) is 8.47. The van der Waals surface area contributed by atoms with Crippen molar-refractivity contribution < 1.29 is 9.13 Å². The van der Waals surface area contributed by atoms with Crippen molar-refractivity contribution in [1.82, 2.24) is 4.98 Å². The van der Waals surface area contributed by atoms with Crippen molar-refractivity contribution in [2.45, 2.75) is 45.8 Å². The van der Waals surface area contributed by atoms with Gasteiger partial charge < -0.3 is 9.64 Å². The van der Waals surface area contributed by atoms with Crippen LogP contribution in [0.5, 0.6) is 0 Å². The van der Waals surface area contributed by atoms with Gasteiger partial charge in [-0.3, -0.25) is 0 Å². The summed E-state index contributed by atoms with van der Waals surface area (Å²) in [5.41, 5.74) is 0.929. The second-order valence-electron chi connectivity index (χ2n) is 5.36. The van der Waals surface area contributed by atoms with Crippen LogP contribution in [0.3, 0.4) is 0 Å². The van der Waals surface area contributed by atoms with Gasteiger partial charge in [-0.05, 0) is 31.9 Å². The first kappa shape index (κ1) is 13.3. The summed E-state index contributed by atoms with van der Waals surface area (Å²) >= 11 is 0. The van der Waals surface area contributed by atoms with E-state index in [0.717, 1.165) is 5.69 Å². The van der Waals surface area contributed by atoms with Gasteiger partial charge in [0.2, 0.25) is 0 Å². The average molecular weight is 252 g/mol.